The number of piperazine rings is 1. The van der Waals surface area contributed by atoms with Crippen LogP contribution in [0.4, 0.5) is 0 Å². The van der Waals surface area contributed by atoms with E-state index < -0.39 is 0 Å². The minimum absolute atomic E-state index is 0.0493. The number of fused-ring (bicyclic) bond motifs is 1. The Morgan fingerprint density at radius 3 is 2.33 bits per heavy atom. The van der Waals surface area contributed by atoms with Crippen LogP contribution in [-0.2, 0) is 14.3 Å². The lowest BCUT2D eigenvalue weighted by atomic mass is 9.78. The summed E-state index contributed by atoms with van der Waals surface area (Å²) >= 11 is 0. The summed E-state index contributed by atoms with van der Waals surface area (Å²) in [6.45, 7) is 6.42. The summed E-state index contributed by atoms with van der Waals surface area (Å²) in [5.74, 6) is 1.11. The van der Waals surface area contributed by atoms with E-state index >= 15 is 0 Å². The molecule has 27 heavy (non-hydrogen) atoms. The van der Waals surface area contributed by atoms with Gasteiger partial charge in [-0.05, 0) is 31.6 Å². The molecule has 3 aliphatic rings. The Labute approximate surface area is 163 Å². The zero-order valence-corrected chi connectivity index (χ0v) is 16.8. The van der Waals surface area contributed by atoms with Gasteiger partial charge in [-0.2, -0.15) is 0 Å². The van der Waals surface area contributed by atoms with Crippen molar-refractivity contribution in [3.63, 3.8) is 0 Å². The normalized spacial score (nSPS) is 27.2. The van der Waals surface area contributed by atoms with Gasteiger partial charge >= 0.3 is 0 Å². The maximum absolute atomic E-state index is 12.9. The highest BCUT2D eigenvalue weighted by Gasteiger charge is 2.36. The van der Waals surface area contributed by atoms with Gasteiger partial charge in [-0.25, -0.2) is 0 Å². The number of piperidine rings is 1. The Bertz CT molecular complexity index is 492. The third-order valence-electron chi connectivity index (χ3n) is 6.38. The number of nitrogens with one attached hydrogen (secondary N) is 1. The van der Waals surface area contributed by atoms with Crippen molar-refractivity contribution in [2.75, 3.05) is 66.1 Å². The number of likely N-dealkylation sites (tertiary alicyclic amines) is 1. The zero-order chi connectivity index (χ0) is 19.1. The number of hydrogen-bond acceptors (Lipinski definition) is 5. The van der Waals surface area contributed by atoms with Gasteiger partial charge in [0.25, 0.3) is 0 Å². The Hall–Kier alpha value is -1.18. The first-order chi connectivity index (χ1) is 13.2. The summed E-state index contributed by atoms with van der Waals surface area (Å²) in [4.78, 5) is 31.4. The van der Waals surface area contributed by atoms with E-state index in [1.165, 1.54) is 38.5 Å². The number of ether oxygens (including phenoxy) is 1. The number of carbonyl (C=O) groups is 2. The van der Waals surface area contributed by atoms with Gasteiger partial charge in [-0.1, -0.05) is 12.8 Å². The number of carbonyl (C=O) groups excluding carboxylic acids is 2. The van der Waals surface area contributed by atoms with Crippen LogP contribution in [-0.4, -0.2) is 98.6 Å². The lowest BCUT2D eigenvalue weighted by Gasteiger charge is -2.45. The molecule has 2 aliphatic heterocycles. The minimum atomic E-state index is 0.0493. The minimum Gasteiger partial charge on any atom is -0.383 e. The highest BCUT2D eigenvalue weighted by atomic mass is 16.5. The van der Waals surface area contributed by atoms with Crippen LogP contribution in [0.25, 0.3) is 0 Å². The maximum atomic E-state index is 12.9. The monoisotopic (exact) mass is 380 g/mol. The third kappa shape index (κ3) is 5.90. The molecule has 2 heterocycles. The summed E-state index contributed by atoms with van der Waals surface area (Å²) < 4.78 is 4.95. The largest absolute Gasteiger partial charge is 0.383 e. The van der Waals surface area contributed by atoms with Crippen LogP contribution in [0.3, 0.4) is 0 Å². The van der Waals surface area contributed by atoms with Crippen LogP contribution in [0.1, 0.15) is 38.5 Å². The third-order valence-corrected chi connectivity index (χ3v) is 6.38. The fourth-order valence-electron chi connectivity index (χ4n) is 4.87. The van der Waals surface area contributed by atoms with Crippen LogP contribution in [0, 0.1) is 5.92 Å². The number of nitrogens with zero attached hydrogens (tertiary/aromatic N) is 3. The van der Waals surface area contributed by atoms with Crippen molar-refractivity contribution in [2.45, 2.75) is 44.6 Å². The summed E-state index contributed by atoms with van der Waals surface area (Å²) in [7, 11) is 1.63. The molecular weight excluding hydrogens is 344 g/mol. The van der Waals surface area contributed by atoms with Gasteiger partial charge in [0.2, 0.25) is 11.8 Å². The second-order valence-corrected chi connectivity index (χ2v) is 8.24. The highest BCUT2D eigenvalue weighted by Crippen LogP contribution is 2.35. The number of hydrogen-bond donors (Lipinski definition) is 1. The van der Waals surface area contributed by atoms with Crippen LogP contribution in [0.15, 0.2) is 0 Å². The van der Waals surface area contributed by atoms with E-state index in [4.69, 9.17) is 4.74 Å². The van der Waals surface area contributed by atoms with E-state index in [0.29, 0.717) is 38.2 Å². The molecule has 2 atom stereocenters. The molecule has 2 saturated heterocycles. The molecule has 0 spiro atoms. The first-order valence-corrected chi connectivity index (χ1v) is 10.7. The van der Waals surface area contributed by atoms with Gasteiger partial charge < -0.3 is 15.0 Å². The lowest BCUT2D eigenvalue weighted by Crippen LogP contribution is -2.55. The fraction of sp³-hybridized carbons (Fsp3) is 0.900. The predicted molar refractivity (Wildman–Crippen MR) is 104 cm³/mol. The van der Waals surface area contributed by atoms with Gasteiger partial charge in [-0.3, -0.25) is 19.4 Å². The molecule has 0 aromatic carbocycles. The molecule has 1 N–H and O–H groups in total. The average molecular weight is 381 g/mol. The second-order valence-electron chi connectivity index (χ2n) is 8.24. The summed E-state index contributed by atoms with van der Waals surface area (Å²) in [5.41, 5.74) is 0. The van der Waals surface area contributed by atoms with Crippen molar-refractivity contribution in [3.8, 4) is 0 Å². The zero-order valence-electron chi connectivity index (χ0n) is 16.8. The SMILES string of the molecule is COCCNC(=O)CN1CCN(CC(=O)N2CCCC3CCCCC32)CC1. The first kappa shape index (κ1) is 20.6. The summed E-state index contributed by atoms with van der Waals surface area (Å²) in [6.07, 6.45) is 7.58. The van der Waals surface area contributed by atoms with E-state index in [1.807, 2.05) is 0 Å². The van der Waals surface area contributed by atoms with E-state index in [1.54, 1.807) is 7.11 Å². The Morgan fingerprint density at radius 2 is 1.59 bits per heavy atom. The van der Waals surface area contributed by atoms with Gasteiger partial charge in [0.15, 0.2) is 0 Å². The molecule has 2 amide bonds. The lowest BCUT2D eigenvalue weighted by molar-refractivity contribution is -0.139. The molecule has 2 unspecified atom stereocenters. The molecule has 1 aliphatic carbocycles. The van der Waals surface area contributed by atoms with Crippen molar-refractivity contribution in [2.24, 2.45) is 5.92 Å². The first-order valence-electron chi connectivity index (χ1n) is 10.7. The van der Waals surface area contributed by atoms with E-state index in [9.17, 15) is 9.59 Å². The van der Waals surface area contributed by atoms with E-state index in [0.717, 1.165) is 38.6 Å². The second kappa shape index (κ2) is 10.4. The van der Waals surface area contributed by atoms with Crippen molar-refractivity contribution in [1.29, 1.82) is 0 Å². The van der Waals surface area contributed by atoms with E-state index in [2.05, 4.69) is 20.0 Å². The van der Waals surface area contributed by atoms with Crippen LogP contribution >= 0.6 is 0 Å². The maximum Gasteiger partial charge on any atom is 0.237 e. The van der Waals surface area contributed by atoms with Gasteiger partial charge in [0.1, 0.15) is 0 Å². The Kier molecular flexibility index (Phi) is 7.91. The van der Waals surface area contributed by atoms with Crippen molar-refractivity contribution in [3.05, 3.63) is 0 Å². The van der Waals surface area contributed by atoms with Crippen molar-refractivity contribution < 1.29 is 14.3 Å². The molecule has 3 rings (SSSR count). The molecule has 0 aromatic rings. The predicted octanol–water partition coefficient (Wildman–Crippen LogP) is 0.548. The van der Waals surface area contributed by atoms with Crippen LogP contribution in [0.5, 0.6) is 0 Å². The summed E-state index contributed by atoms with van der Waals surface area (Å²) in [6, 6.07) is 0.497. The molecule has 7 heteroatoms. The number of amides is 2. The number of rotatable bonds is 7. The van der Waals surface area contributed by atoms with E-state index in [-0.39, 0.29) is 5.91 Å². The van der Waals surface area contributed by atoms with Crippen LogP contribution in [0.2, 0.25) is 0 Å². The van der Waals surface area contributed by atoms with Crippen LogP contribution < -0.4 is 5.32 Å². The topological polar surface area (TPSA) is 65.1 Å². The van der Waals surface area contributed by atoms with Crippen molar-refractivity contribution >= 4 is 11.8 Å². The molecule has 1 saturated carbocycles. The highest BCUT2D eigenvalue weighted by molar-refractivity contribution is 5.79. The molecular formula is C20H36N4O3. The molecule has 154 valence electrons. The number of methoxy groups -OCH3 is 1. The Morgan fingerprint density at radius 1 is 0.926 bits per heavy atom. The summed E-state index contributed by atoms with van der Waals surface area (Å²) in [5, 5.41) is 2.86. The van der Waals surface area contributed by atoms with Gasteiger partial charge in [0, 0.05) is 52.4 Å². The van der Waals surface area contributed by atoms with Crippen molar-refractivity contribution in [1.82, 2.24) is 20.0 Å². The fourth-order valence-corrected chi connectivity index (χ4v) is 4.87. The van der Waals surface area contributed by atoms with Gasteiger partial charge in [-0.15, -0.1) is 0 Å². The quantitative estimate of drug-likeness (QED) is 0.654. The van der Waals surface area contributed by atoms with Gasteiger partial charge in [0.05, 0.1) is 19.7 Å². The molecule has 0 aromatic heterocycles. The molecule has 7 nitrogen and oxygen atoms in total. The smallest absolute Gasteiger partial charge is 0.237 e. The molecule has 0 bridgehead atoms. The Balaban J connectivity index is 1.38. The molecule has 3 fully saturated rings. The standard InChI is InChI=1S/C20H36N4O3/c1-27-14-8-21-19(25)15-22-10-12-23(13-11-22)16-20(26)24-9-4-6-17-5-2-3-7-18(17)24/h17-18H,2-16H2,1H3,(H,21,25). The molecule has 0 radical (unpaired) electrons. The average Bonchev–Trinajstić information content (AvgIpc) is 2.69.